The zero-order valence-corrected chi connectivity index (χ0v) is 9.69. The third kappa shape index (κ3) is 4.25. The Morgan fingerprint density at radius 2 is 1.78 bits per heavy atom. The molecule has 0 heterocycles. The standard InChI is InChI=1S/C12H13F5O/c1-7-5-8(10(14)6-9(7)13)11(18)3-2-4-12(15,16)17/h5-6,11,18H,2-4H2,1H3. The first-order valence-electron chi connectivity index (χ1n) is 5.41. The molecule has 0 spiro atoms. The highest BCUT2D eigenvalue weighted by atomic mass is 19.4. The zero-order chi connectivity index (χ0) is 13.9. The normalized spacial score (nSPS) is 13.7. The maximum Gasteiger partial charge on any atom is 0.389 e. The average Bonchev–Trinajstić information content (AvgIpc) is 2.21. The summed E-state index contributed by atoms with van der Waals surface area (Å²) < 4.78 is 62.0. The van der Waals surface area contributed by atoms with Crippen molar-refractivity contribution in [3.8, 4) is 0 Å². The van der Waals surface area contributed by atoms with Gasteiger partial charge in [-0.1, -0.05) is 0 Å². The predicted octanol–water partition coefficient (Wildman–Crippen LogP) is 4.04. The molecule has 0 amide bonds. The maximum absolute atomic E-state index is 13.3. The van der Waals surface area contributed by atoms with E-state index >= 15 is 0 Å². The van der Waals surface area contributed by atoms with E-state index < -0.39 is 30.3 Å². The summed E-state index contributed by atoms with van der Waals surface area (Å²) in [6, 6.07) is 1.74. The molecule has 0 fully saturated rings. The first-order valence-corrected chi connectivity index (χ1v) is 5.41. The van der Waals surface area contributed by atoms with Gasteiger partial charge < -0.3 is 5.11 Å². The van der Waals surface area contributed by atoms with Gasteiger partial charge in [-0.15, -0.1) is 0 Å². The Labute approximate surface area is 101 Å². The summed E-state index contributed by atoms with van der Waals surface area (Å²) in [6.07, 6.45) is -7.21. The summed E-state index contributed by atoms with van der Waals surface area (Å²) in [7, 11) is 0. The van der Waals surface area contributed by atoms with E-state index in [-0.39, 0.29) is 24.0 Å². The predicted molar refractivity (Wildman–Crippen MR) is 56.0 cm³/mol. The third-order valence-corrected chi connectivity index (χ3v) is 2.57. The van der Waals surface area contributed by atoms with Gasteiger partial charge in [-0.2, -0.15) is 13.2 Å². The van der Waals surface area contributed by atoms with E-state index in [1.807, 2.05) is 0 Å². The van der Waals surface area contributed by atoms with Crippen molar-refractivity contribution in [2.45, 2.75) is 38.5 Å². The van der Waals surface area contributed by atoms with Crippen molar-refractivity contribution in [1.82, 2.24) is 0 Å². The minimum atomic E-state index is -4.29. The lowest BCUT2D eigenvalue weighted by Crippen LogP contribution is -2.09. The first-order chi connectivity index (χ1) is 8.20. The lowest BCUT2D eigenvalue weighted by atomic mass is 10.0. The van der Waals surface area contributed by atoms with Gasteiger partial charge in [0.15, 0.2) is 0 Å². The minimum Gasteiger partial charge on any atom is -0.388 e. The lowest BCUT2D eigenvalue weighted by Gasteiger charge is -2.13. The van der Waals surface area contributed by atoms with Crippen LogP contribution < -0.4 is 0 Å². The number of aliphatic hydroxyl groups is 1. The highest BCUT2D eigenvalue weighted by Crippen LogP contribution is 2.28. The van der Waals surface area contributed by atoms with Gasteiger partial charge in [-0.3, -0.25) is 0 Å². The Kier molecular flexibility index (Phi) is 4.67. The van der Waals surface area contributed by atoms with Crippen molar-refractivity contribution >= 4 is 0 Å². The SMILES string of the molecule is Cc1cc(C(O)CCCC(F)(F)F)c(F)cc1F. The van der Waals surface area contributed by atoms with Crippen LogP contribution in [-0.2, 0) is 0 Å². The smallest absolute Gasteiger partial charge is 0.388 e. The molecule has 0 aliphatic rings. The molecule has 0 aliphatic carbocycles. The molecular weight excluding hydrogens is 255 g/mol. The molecule has 0 saturated heterocycles. The molecule has 18 heavy (non-hydrogen) atoms. The molecule has 0 bridgehead atoms. The Bertz CT molecular complexity index is 414. The number of hydrogen-bond acceptors (Lipinski definition) is 1. The van der Waals surface area contributed by atoms with Gasteiger partial charge in [0.05, 0.1) is 6.10 Å². The molecule has 1 nitrogen and oxygen atoms in total. The van der Waals surface area contributed by atoms with E-state index in [0.29, 0.717) is 6.07 Å². The molecule has 6 heteroatoms. The van der Waals surface area contributed by atoms with Crippen LogP contribution in [0.1, 0.15) is 36.5 Å². The largest absolute Gasteiger partial charge is 0.389 e. The van der Waals surface area contributed by atoms with Gasteiger partial charge in [0.25, 0.3) is 0 Å². The van der Waals surface area contributed by atoms with Crippen LogP contribution in [0.3, 0.4) is 0 Å². The number of aryl methyl sites for hydroxylation is 1. The molecule has 1 unspecified atom stereocenters. The topological polar surface area (TPSA) is 20.2 Å². The molecule has 1 rings (SSSR count). The van der Waals surface area contributed by atoms with Crippen LogP contribution in [-0.4, -0.2) is 11.3 Å². The molecule has 1 aromatic rings. The van der Waals surface area contributed by atoms with E-state index in [1.165, 1.54) is 6.92 Å². The van der Waals surface area contributed by atoms with Gasteiger partial charge in [0.1, 0.15) is 11.6 Å². The van der Waals surface area contributed by atoms with E-state index in [0.717, 1.165) is 6.07 Å². The molecule has 0 aromatic heterocycles. The zero-order valence-electron chi connectivity index (χ0n) is 9.69. The van der Waals surface area contributed by atoms with E-state index in [4.69, 9.17) is 0 Å². The molecule has 0 radical (unpaired) electrons. The molecule has 0 aliphatic heterocycles. The van der Waals surface area contributed by atoms with Gasteiger partial charge in [0.2, 0.25) is 0 Å². The van der Waals surface area contributed by atoms with Crippen molar-refractivity contribution in [1.29, 1.82) is 0 Å². The number of benzene rings is 1. The Morgan fingerprint density at radius 3 is 2.33 bits per heavy atom. The quantitative estimate of drug-likeness (QED) is 0.817. The van der Waals surface area contributed by atoms with Crippen LogP contribution in [0, 0.1) is 18.6 Å². The average molecular weight is 268 g/mol. The van der Waals surface area contributed by atoms with Crippen molar-refractivity contribution in [2.75, 3.05) is 0 Å². The monoisotopic (exact) mass is 268 g/mol. The van der Waals surface area contributed by atoms with Gasteiger partial charge >= 0.3 is 6.18 Å². The van der Waals surface area contributed by atoms with Gasteiger partial charge in [-0.05, 0) is 31.4 Å². The van der Waals surface area contributed by atoms with Crippen LogP contribution in [0.5, 0.6) is 0 Å². The summed E-state index contributed by atoms with van der Waals surface area (Å²) in [4.78, 5) is 0. The molecule has 1 N–H and O–H groups in total. The Morgan fingerprint density at radius 1 is 1.17 bits per heavy atom. The van der Waals surface area contributed by atoms with Crippen LogP contribution in [0.2, 0.25) is 0 Å². The van der Waals surface area contributed by atoms with Crippen LogP contribution >= 0.6 is 0 Å². The minimum absolute atomic E-state index is 0.140. The van der Waals surface area contributed by atoms with E-state index in [2.05, 4.69) is 0 Å². The van der Waals surface area contributed by atoms with E-state index in [9.17, 15) is 27.1 Å². The Hall–Kier alpha value is -1.17. The summed E-state index contributed by atoms with van der Waals surface area (Å²) >= 11 is 0. The molecule has 1 aromatic carbocycles. The first kappa shape index (κ1) is 14.9. The van der Waals surface area contributed by atoms with Gasteiger partial charge in [0, 0.05) is 18.1 Å². The Balaban J connectivity index is 2.67. The fourth-order valence-electron chi connectivity index (χ4n) is 1.59. The second-order valence-electron chi connectivity index (χ2n) is 4.15. The number of aliphatic hydroxyl groups excluding tert-OH is 1. The highest BCUT2D eigenvalue weighted by molar-refractivity contribution is 5.27. The number of halogens is 5. The van der Waals surface area contributed by atoms with Crippen LogP contribution in [0.25, 0.3) is 0 Å². The van der Waals surface area contributed by atoms with Crippen molar-refractivity contribution in [3.05, 3.63) is 34.9 Å². The third-order valence-electron chi connectivity index (χ3n) is 2.57. The second-order valence-corrected chi connectivity index (χ2v) is 4.15. The molecule has 102 valence electrons. The summed E-state index contributed by atoms with van der Waals surface area (Å²) in [5.74, 6) is -1.70. The number of alkyl halides is 3. The van der Waals surface area contributed by atoms with Crippen molar-refractivity contribution < 1.29 is 27.1 Å². The van der Waals surface area contributed by atoms with Crippen LogP contribution in [0.4, 0.5) is 22.0 Å². The fourth-order valence-corrected chi connectivity index (χ4v) is 1.59. The highest BCUT2D eigenvalue weighted by Gasteiger charge is 2.27. The van der Waals surface area contributed by atoms with Crippen molar-refractivity contribution in [3.63, 3.8) is 0 Å². The molecule has 1 atom stereocenters. The fraction of sp³-hybridized carbons (Fsp3) is 0.500. The molecular formula is C12H13F5O. The summed E-state index contributed by atoms with van der Waals surface area (Å²) in [6.45, 7) is 1.39. The van der Waals surface area contributed by atoms with Crippen LogP contribution in [0.15, 0.2) is 12.1 Å². The maximum atomic E-state index is 13.3. The van der Waals surface area contributed by atoms with E-state index in [1.54, 1.807) is 0 Å². The number of rotatable bonds is 4. The summed E-state index contributed by atoms with van der Waals surface area (Å²) in [5.41, 5.74) is -0.0302. The lowest BCUT2D eigenvalue weighted by molar-refractivity contribution is -0.136. The van der Waals surface area contributed by atoms with Gasteiger partial charge in [-0.25, -0.2) is 8.78 Å². The van der Waals surface area contributed by atoms with Crippen molar-refractivity contribution in [2.24, 2.45) is 0 Å². The number of hydrogen-bond donors (Lipinski definition) is 1. The second kappa shape index (κ2) is 5.65. The molecule has 0 saturated carbocycles. The summed E-state index contributed by atoms with van der Waals surface area (Å²) in [5, 5.41) is 9.58.